The van der Waals surface area contributed by atoms with Crippen molar-refractivity contribution < 1.29 is 13.9 Å². The summed E-state index contributed by atoms with van der Waals surface area (Å²) in [7, 11) is 0. The molecule has 0 amide bonds. The Morgan fingerprint density at radius 3 is 3.06 bits per heavy atom. The Hall–Kier alpha value is -1.95. The van der Waals surface area contributed by atoms with Crippen molar-refractivity contribution in [1.29, 1.82) is 0 Å². The Morgan fingerprint density at radius 2 is 2.35 bits per heavy atom. The first kappa shape index (κ1) is 11.5. The first-order valence-corrected chi connectivity index (χ1v) is 5.64. The molecule has 4 nitrogen and oxygen atoms in total. The number of nitrogens with two attached hydrogens (primary N) is 1. The van der Waals surface area contributed by atoms with Crippen molar-refractivity contribution in [2.75, 3.05) is 5.73 Å². The van der Waals surface area contributed by atoms with Gasteiger partial charge >= 0.3 is 5.97 Å². The molecule has 0 aliphatic heterocycles. The fourth-order valence-corrected chi connectivity index (χ4v) is 1.73. The van der Waals surface area contributed by atoms with Crippen molar-refractivity contribution in [3.63, 3.8) is 0 Å². The molecule has 2 N–H and O–H groups in total. The number of nitrogens with zero attached hydrogens (tertiary/aromatic N) is 1. The number of benzene rings is 1. The summed E-state index contributed by atoms with van der Waals surface area (Å²) in [6, 6.07) is 3.78. The highest BCUT2D eigenvalue weighted by molar-refractivity contribution is 7.09. The number of thiazole rings is 1. The number of esters is 1. The van der Waals surface area contributed by atoms with Crippen LogP contribution in [0.2, 0.25) is 0 Å². The van der Waals surface area contributed by atoms with Gasteiger partial charge in [-0.25, -0.2) is 9.18 Å². The van der Waals surface area contributed by atoms with Crippen LogP contribution in [0.5, 0.6) is 0 Å². The SMILES string of the molecule is Nc1ccc(F)c(C(=O)OCc2cncs2)c1. The number of nitrogen functional groups attached to an aromatic ring is 1. The third-order valence-electron chi connectivity index (χ3n) is 2.04. The first-order chi connectivity index (χ1) is 8.16. The predicted molar refractivity (Wildman–Crippen MR) is 62.0 cm³/mol. The van der Waals surface area contributed by atoms with Gasteiger partial charge in [0.15, 0.2) is 0 Å². The summed E-state index contributed by atoms with van der Waals surface area (Å²) >= 11 is 1.36. The summed E-state index contributed by atoms with van der Waals surface area (Å²) in [5.74, 6) is -1.38. The number of ether oxygens (including phenoxy) is 1. The first-order valence-electron chi connectivity index (χ1n) is 4.76. The highest BCUT2D eigenvalue weighted by Gasteiger charge is 2.13. The minimum Gasteiger partial charge on any atom is -0.456 e. The molecule has 1 aromatic carbocycles. The zero-order valence-electron chi connectivity index (χ0n) is 8.72. The molecule has 0 bridgehead atoms. The maximum Gasteiger partial charge on any atom is 0.341 e. The summed E-state index contributed by atoms with van der Waals surface area (Å²) in [4.78, 5) is 16.2. The van der Waals surface area contributed by atoms with E-state index in [4.69, 9.17) is 10.5 Å². The van der Waals surface area contributed by atoms with Gasteiger partial charge in [0.25, 0.3) is 0 Å². The molecule has 0 saturated heterocycles. The van der Waals surface area contributed by atoms with Gasteiger partial charge in [0.05, 0.1) is 16.0 Å². The summed E-state index contributed by atoms with van der Waals surface area (Å²) in [6.07, 6.45) is 1.59. The lowest BCUT2D eigenvalue weighted by Gasteiger charge is -2.04. The molecule has 0 atom stereocenters. The van der Waals surface area contributed by atoms with Crippen LogP contribution in [0.3, 0.4) is 0 Å². The quantitative estimate of drug-likeness (QED) is 0.672. The van der Waals surface area contributed by atoms with Crippen LogP contribution in [-0.4, -0.2) is 11.0 Å². The van der Waals surface area contributed by atoms with Gasteiger partial charge in [0.1, 0.15) is 12.4 Å². The molecule has 0 radical (unpaired) electrons. The number of anilines is 1. The summed E-state index contributed by atoms with van der Waals surface area (Å²) in [5, 5.41) is 0. The highest BCUT2D eigenvalue weighted by Crippen LogP contribution is 2.15. The summed E-state index contributed by atoms with van der Waals surface area (Å²) < 4.78 is 18.3. The maximum atomic E-state index is 13.3. The van der Waals surface area contributed by atoms with Crippen molar-refractivity contribution >= 4 is 23.0 Å². The van der Waals surface area contributed by atoms with Gasteiger partial charge in [-0.3, -0.25) is 4.98 Å². The Bertz CT molecular complexity index is 528. The van der Waals surface area contributed by atoms with Crippen LogP contribution < -0.4 is 5.73 Å². The molecular weight excluding hydrogens is 243 g/mol. The second-order valence-electron chi connectivity index (χ2n) is 3.28. The van der Waals surface area contributed by atoms with E-state index in [-0.39, 0.29) is 12.2 Å². The predicted octanol–water partition coefficient (Wildman–Crippen LogP) is 2.22. The van der Waals surface area contributed by atoms with Crippen LogP contribution in [0.15, 0.2) is 29.9 Å². The van der Waals surface area contributed by atoms with Crippen LogP contribution in [0.4, 0.5) is 10.1 Å². The van der Waals surface area contributed by atoms with E-state index in [9.17, 15) is 9.18 Å². The maximum absolute atomic E-state index is 13.3. The van der Waals surface area contributed by atoms with Crippen molar-refractivity contribution in [2.45, 2.75) is 6.61 Å². The second kappa shape index (κ2) is 4.92. The van der Waals surface area contributed by atoms with Gasteiger partial charge in [-0.15, -0.1) is 11.3 Å². The molecule has 2 rings (SSSR count). The van der Waals surface area contributed by atoms with E-state index in [0.29, 0.717) is 5.69 Å². The van der Waals surface area contributed by atoms with E-state index in [1.54, 1.807) is 11.7 Å². The molecule has 1 aromatic heterocycles. The average Bonchev–Trinajstić information content (AvgIpc) is 2.82. The molecule has 0 aliphatic carbocycles. The van der Waals surface area contributed by atoms with Crippen molar-refractivity contribution in [1.82, 2.24) is 4.98 Å². The van der Waals surface area contributed by atoms with Crippen LogP contribution >= 0.6 is 11.3 Å². The molecule has 17 heavy (non-hydrogen) atoms. The number of rotatable bonds is 3. The van der Waals surface area contributed by atoms with E-state index in [2.05, 4.69) is 4.98 Å². The Morgan fingerprint density at radius 1 is 1.53 bits per heavy atom. The van der Waals surface area contributed by atoms with Gasteiger partial charge < -0.3 is 10.5 Å². The average molecular weight is 252 g/mol. The van der Waals surface area contributed by atoms with E-state index in [1.165, 1.54) is 23.5 Å². The van der Waals surface area contributed by atoms with Crippen molar-refractivity contribution in [3.05, 3.63) is 46.2 Å². The third-order valence-corrected chi connectivity index (χ3v) is 2.79. The monoisotopic (exact) mass is 252 g/mol. The van der Waals surface area contributed by atoms with E-state index in [1.807, 2.05) is 0 Å². The second-order valence-corrected chi connectivity index (χ2v) is 4.25. The van der Waals surface area contributed by atoms with Crippen LogP contribution in [0, 0.1) is 5.82 Å². The Balaban J connectivity index is 2.07. The van der Waals surface area contributed by atoms with Crippen molar-refractivity contribution in [2.24, 2.45) is 0 Å². The lowest BCUT2D eigenvalue weighted by atomic mass is 10.2. The molecule has 0 fully saturated rings. The zero-order chi connectivity index (χ0) is 12.3. The zero-order valence-corrected chi connectivity index (χ0v) is 9.54. The Kier molecular flexibility index (Phi) is 3.34. The molecular formula is C11H9FN2O2S. The largest absolute Gasteiger partial charge is 0.456 e. The normalized spacial score (nSPS) is 10.2. The number of carbonyl (C=O) groups is 1. The number of halogens is 1. The van der Waals surface area contributed by atoms with Crippen LogP contribution in [0.1, 0.15) is 15.2 Å². The minimum atomic E-state index is -0.733. The van der Waals surface area contributed by atoms with Gasteiger partial charge in [-0.2, -0.15) is 0 Å². The van der Waals surface area contributed by atoms with E-state index < -0.39 is 11.8 Å². The van der Waals surface area contributed by atoms with Crippen molar-refractivity contribution in [3.8, 4) is 0 Å². The molecule has 0 saturated carbocycles. The van der Waals surface area contributed by atoms with Crippen LogP contribution in [-0.2, 0) is 11.3 Å². The number of hydrogen-bond donors (Lipinski definition) is 1. The Labute approximate surface area is 101 Å². The molecule has 0 unspecified atom stereocenters. The number of hydrogen-bond acceptors (Lipinski definition) is 5. The summed E-state index contributed by atoms with van der Waals surface area (Å²) in [6.45, 7) is 0.0811. The smallest absolute Gasteiger partial charge is 0.341 e. The molecule has 88 valence electrons. The van der Waals surface area contributed by atoms with Crippen LogP contribution in [0.25, 0.3) is 0 Å². The van der Waals surface area contributed by atoms with Gasteiger partial charge in [0.2, 0.25) is 0 Å². The van der Waals surface area contributed by atoms with Gasteiger partial charge in [0, 0.05) is 11.9 Å². The fourth-order valence-electron chi connectivity index (χ4n) is 1.23. The highest BCUT2D eigenvalue weighted by atomic mass is 32.1. The van der Waals surface area contributed by atoms with Gasteiger partial charge in [-0.05, 0) is 18.2 Å². The standard InChI is InChI=1S/C11H9FN2O2S/c12-10-2-1-7(13)3-9(10)11(15)16-5-8-4-14-6-17-8/h1-4,6H,5,13H2. The molecule has 2 aromatic rings. The lowest BCUT2D eigenvalue weighted by molar-refractivity contribution is 0.0471. The third kappa shape index (κ3) is 2.79. The van der Waals surface area contributed by atoms with E-state index in [0.717, 1.165) is 10.9 Å². The van der Waals surface area contributed by atoms with E-state index >= 15 is 0 Å². The molecule has 0 spiro atoms. The number of aromatic nitrogens is 1. The minimum absolute atomic E-state index is 0.0811. The number of carbonyl (C=O) groups excluding carboxylic acids is 1. The lowest BCUT2D eigenvalue weighted by Crippen LogP contribution is -2.07. The topological polar surface area (TPSA) is 65.2 Å². The molecule has 6 heteroatoms. The molecule has 1 heterocycles. The fraction of sp³-hybridized carbons (Fsp3) is 0.0909. The summed E-state index contributed by atoms with van der Waals surface area (Å²) in [5.41, 5.74) is 7.26. The molecule has 0 aliphatic rings. The van der Waals surface area contributed by atoms with Gasteiger partial charge in [-0.1, -0.05) is 0 Å².